The Bertz CT molecular complexity index is 1010. The summed E-state index contributed by atoms with van der Waals surface area (Å²) in [6.07, 6.45) is 0.979. The molecule has 1 aromatic heterocycles. The quantitative estimate of drug-likeness (QED) is 0.653. The van der Waals surface area contributed by atoms with Crippen LogP contribution in [0.4, 0.5) is 0 Å². The summed E-state index contributed by atoms with van der Waals surface area (Å²) in [7, 11) is -2.24. The number of ether oxygens (including phenoxy) is 1. The highest BCUT2D eigenvalue weighted by Gasteiger charge is 2.28. The molecule has 0 aliphatic carbocycles. The third-order valence-electron chi connectivity index (χ3n) is 3.52. The second-order valence-corrected chi connectivity index (χ2v) is 7.27. The summed E-state index contributed by atoms with van der Waals surface area (Å²) in [5.41, 5.74) is 0.645. The molecule has 0 amide bonds. The van der Waals surface area contributed by atoms with E-state index < -0.39 is 20.7 Å². The minimum absolute atomic E-state index is 0.0814. The van der Waals surface area contributed by atoms with Crippen molar-refractivity contribution in [3.8, 4) is 17.2 Å². The maximum atomic E-state index is 12.7. The van der Waals surface area contributed by atoms with Crippen molar-refractivity contribution in [1.82, 2.24) is 4.98 Å². The summed E-state index contributed by atoms with van der Waals surface area (Å²) in [6.45, 7) is 0. The molecule has 128 valence electrons. The second kappa shape index (κ2) is 6.52. The molecule has 2 aromatic carbocycles. The zero-order chi connectivity index (χ0) is 18.0. The fourth-order valence-corrected chi connectivity index (χ4v) is 3.00. The van der Waals surface area contributed by atoms with E-state index in [1.807, 2.05) is 6.07 Å². The number of carbonyl (C=O) groups excluding carboxylic acids is 1. The van der Waals surface area contributed by atoms with E-state index in [4.69, 9.17) is 9.15 Å². The molecular weight excluding hydrogens is 342 g/mol. The standard InChI is InChI=1S/C18H15NO5S/c1-23-14-10-8-12(9-11-14)16(20)15-18(25(2,21)22)24-17(19-15)13-6-4-3-5-7-13/h3-11H,1-2H3. The Labute approximate surface area is 145 Å². The van der Waals surface area contributed by atoms with Crippen molar-refractivity contribution in [2.45, 2.75) is 5.09 Å². The summed E-state index contributed by atoms with van der Waals surface area (Å²) in [4.78, 5) is 16.9. The molecule has 3 rings (SSSR count). The lowest BCUT2D eigenvalue weighted by Crippen LogP contribution is -2.08. The number of methoxy groups -OCH3 is 1. The van der Waals surface area contributed by atoms with Gasteiger partial charge in [0, 0.05) is 17.4 Å². The van der Waals surface area contributed by atoms with Gasteiger partial charge in [-0.2, -0.15) is 0 Å². The molecule has 3 aromatic rings. The minimum atomic E-state index is -3.76. The van der Waals surface area contributed by atoms with Crippen molar-refractivity contribution in [3.63, 3.8) is 0 Å². The van der Waals surface area contributed by atoms with Crippen molar-refractivity contribution < 1.29 is 22.4 Å². The molecule has 0 saturated carbocycles. The van der Waals surface area contributed by atoms with Gasteiger partial charge in [0.1, 0.15) is 5.75 Å². The van der Waals surface area contributed by atoms with Crippen molar-refractivity contribution in [3.05, 3.63) is 65.9 Å². The zero-order valence-electron chi connectivity index (χ0n) is 13.6. The minimum Gasteiger partial charge on any atom is -0.497 e. The highest BCUT2D eigenvalue weighted by Crippen LogP contribution is 2.27. The lowest BCUT2D eigenvalue weighted by Gasteiger charge is -2.02. The van der Waals surface area contributed by atoms with Gasteiger partial charge < -0.3 is 9.15 Å². The molecule has 6 nitrogen and oxygen atoms in total. The highest BCUT2D eigenvalue weighted by atomic mass is 32.2. The van der Waals surface area contributed by atoms with Crippen LogP contribution in [0.15, 0.2) is 64.1 Å². The topological polar surface area (TPSA) is 86.5 Å². The highest BCUT2D eigenvalue weighted by molar-refractivity contribution is 7.90. The molecule has 25 heavy (non-hydrogen) atoms. The largest absolute Gasteiger partial charge is 0.497 e. The first-order valence-corrected chi connectivity index (χ1v) is 9.24. The Kier molecular flexibility index (Phi) is 4.41. The third-order valence-corrected chi connectivity index (χ3v) is 4.47. The van der Waals surface area contributed by atoms with E-state index >= 15 is 0 Å². The Balaban J connectivity index is 2.10. The van der Waals surface area contributed by atoms with Gasteiger partial charge in [-0.1, -0.05) is 18.2 Å². The van der Waals surface area contributed by atoms with Crippen molar-refractivity contribution in [2.24, 2.45) is 0 Å². The lowest BCUT2D eigenvalue weighted by atomic mass is 10.1. The van der Waals surface area contributed by atoms with Gasteiger partial charge in [0.15, 0.2) is 5.69 Å². The predicted molar refractivity (Wildman–Crippen MR) is 91.5 cm³/mol. The van der Waals surface area contributed by atoms with Crippen LogP contribution in [-0.2, 0) is 9.84 Å². The molecule has 0 fully saturated rings. The summed E-state index contributed by atoms with van der Waals surface area (Å²) < 4.78 is 34.5. The van der Waals surface area contributed by atoms with Gasteiger partial charge in [-0.15, -0.1) is 0 Å². The number of hydrogen-bond donors (Lipinski definition) is 0. The average Bonchev–Trinajstić information content (AvgIpc) is 3.08. The maximum Gasteiger partial charge on any atom is 0.250 e. The van der Waals surface area contributed by atoms with Gasteiger partial charge in [-0.05, 0) is 36.4 Å². The molecule has 0 N–H and O–H groups in total. The monoisotopic (exact) mass is 357 g/mol. The molecule has 0 atom stereocenters. The van der Waals surface area contributed by atoms with E-state index in [0.29, 0.717) is 16.9 Å². The van der Waals surface area contributed by atoms with E-state index in [1.165, 1.54) is 7.11 Å². The number of ketones is 1. The van der Waals surface area contributed by atoms with Crippen LogP contribution in [0.2, 0.25) is 0 Å². The summed E-state index contributed by atoms with van der Waals surface area (Å²) in [5.74, 6) is 0.136. The molecule has 0 bridgehead atoms. The first-order valence-electron chi connectivity index (χ1n) is 7.35. The van der Waals surface area contributed by atoms with Gasteiger partial charge >= 0.3 is 0 Å². The lowest BCUT2D eigenvalue weighted by molar-refractivity contribution is 0.102. The number of oxazole rings is 1. The van der Waals surface area contributed by atoms with Crippen LogP contribution in [-0.4, -0.2) is 32.6 Å². The Hall–Kier alpha value is -2.93. The fraction of sp³-hybridized carbons (Fsp3) is 0.111. The van der Waals surface area contributed by atoms with Crippen LogP contribution in [0.1, 0.15) is 16.1 Å². The number of sulfone groups is 1. The smallest absolute Gasteiger partial charge is 0.250 e. The van der Waals surface area contributed by atoms with Crippen LogP contribution >= 0.6 is 0 Å². The van der Waals surface area contributed by atoms with Crippen molar-refractivity contribution >= 4 is 15.6 Å². The van der Waals surface area contributed by atoms with E-state index in [9.17, 15) is 13.2 Å². The first-order chi connectivity index (χ1) is 11.9. The number of benzene rings is 2. The number of aromatic nitrogens is 1. The van der Waals surface area contributed by atoms with Gasteiger partial charge in [0.25, 0.3) is 0 Å². The zero-order valence-corrected chi connectivity index (χ0v) is 14.4. The van der Waals surface area contributed by atoms with Crippen LogP contribution in [0.3, 0.4) is 0 Å². The Morgan fingerprint density at radius 2 is 1.68 bits per heavy atom. The van der Waals surface area contributed by atoms with Crippen LogP contribution in [0, 0.1) is 0 Å². The molecule has 0 aliphatic rings. The third kappa shape index (κ3) is 3.46. The van der Waals surface area contributed by atoms with E-state index in [0.717, 1.165) is 6.26 Å². The number of carbonyl (C=O) groups is 1. The predicted octanol–water partition coefficient (Wildman–Crippen LogP) is 2.98. The van der Waals surface area contributed by atoms with E-state index in [1.54, 1.807) is 48.5 Å². The Morgan fingerprint density at radius 3 is 2.24 bits per heavy atom. The van der Waals surface area contributed by atoms with E-state index in [2.05, 4.69) is 4.98 Å². The molecule has 7 heteroatoms. The maximum absolute atomic E-state index is 12.7. The van der Waals surface area contributed by atoms with Crippen molar-refractivity contribution in [1.29, 1.82) is 0 Å². The summed E-state index contributed by atoms with van der Waals surface area (Å²) >= 11 is 0. The normalized spacial score (nSPS) is 11.3. The summed E-state index contributed by atoms with van der Waals surface area (Å²) in [6, 6.07) is 15.1. The SMILES string of the molecule is COc1ccc(C(=O)c2nc(-c3ccccc3)oc2S(C)(=O)=O)cc1. The van der Waals surface area contributed by atoms with Crippen LogP contribution < -0.4 is 4.74 Å². The number of hydrogen-bond acceptors (Lipinski definition) is 6. The van der Waals surface area contributed by atoms with Crippen LogP contribution in [0.5, 0.6) is 5.75 Å². The van der Waals surface area contributed by atoms with Crippen molar-refractivity contribution in [2.75, 3.05) is 13.4 Å². The molecule has 0 spiro atoms. The van der Waals surface area contributed by atoms with Gasteiger partial charge in [-0.3, -0.25) is 4.79 Å². The molecule has 1 heterocycles. The average molecular weight is 357 g/mol. The fourth-order valence-electron chi connectivity index (χ4n) is 2.28. The Morgan fingerprint density at radius 1 is 1.04 bits per heavy atom. The molecule has 0 saturated heterocycles. The molecule has 0 aliphatic heterocycles. The van der Waals surface area contributed by atoms with Gasteiger partial charge in [0.05, 0.1) is 7.11 Å². The number of nitrogens with zero attached hydrogens (tertiary/aromatic N) is 1. The van der Waals surface area contributed by atoms with Crippen LogP contribution in [0.25, 0.3) is 11.5 Å². The molecular formula is C18H15NO5S. The second-order valence-electron chi connectivity index (χ2n) is 5.35. The van der Waals surface area contributed by atoms with E-state index in [-0.39, 0.29) is 11.6 Å². The van der Waals surface area contributed by atoms with Gasteiger partial charge in [0.2, 0.25) is 26.6 Å². The molecule has 0 radical (unpaired) electrons. The number of rotatable bonds is 5. The van der Waals surface area contributed by atoms with Gasteiger partial charge in [-0.25, -0.2) is 13.4 Å². The summed E-state index contributed by atoms with van der Waals surface area (Å²) in [5, 5.41) is -0.438. The first kappa shape index (κ1) is 16.9. The molecule has 0 unspecified atom stereocenters.